The number of amides is 1. The highest BCUT2D eigenvalue weighted by Gasteiger charge is 2.15. The maximum Gasteiger partial charge on any atom is 0.351 e. The van der Waals surface area contributed by atoms with Gasteiger partial charge in [0.25, 0.3) is 5.91 Å². The molecule has 0 bridgehead atoms. The molecule has 1 amide bonds. The molecule has 2 heterocycles. The average molecular weight is 333 g/mol. The van der Waals surface area contributed by atoms with Crippen molar-refractivity contribution in [2.45, 2.75) is 0 Å². The highest BCUT2D eigenvalue weighted by atomic mass is 32.1. The maximum atomic E-state index is 12.8. The molecule has 2 aromatic heterocycles. The second-order valence-electron chi connectivity index (χ2n) is 4.55. The summed E-state index contributed by atoms with van der Waals surface area (Å²) >= 11 is 1.06. The predicted octanol–water partition coefficient (Wildman–Crippen LogP) is 2.94. The van der Waals surface area contributed by atoms with E-state index >= 15 is 0 Å². The highest BCUT2D eigenvalue weighted by Crippen LogP contribution is 2.29. The van der Waals surface area contributed by atoms with E-state index in [1.165, 1.54) is 24.3 Å². The van der Waals surface area contributed by atoms with Gasteiger partial charge in [0.05, 0.1) is 9.70 Å². The number of carboxylic acid groups (broad SMARTS) is 1. The number of rotatable bonds is 3. The summed E-state index contributed by atoms with van der Waals surface area (Å²) in [6.45, 7) is 0. The Morgan fingerprint density at radius 3 is 2.52 bits per heavy atom. The van der Waals surface area contributed by atoms with Crippen molar-refractivity contribution in [1.29, 1.82) is 0 Å². The Bertz CT molecular complexity index is 974. The number of carbonyl (C=O) groups excluding carboxylic acids is 1. The molecule has 116 valence electrons. The number of thiophene rings is 1. The van der Waals surface area contributed by atoms with Crippen LogP contribution in [-0.4, -0.2) is 17.0 Å². The molecule has 23 heavy (non-hydrogen) atoms. The van der Waals surface area contributed by atoms with E-state index in [1.54, 1.807) is 0 Å². The Morgan fingerprint density at radius 1 is 1.17 bits per heavy atom. The summed E-state index contributed by atoms with van der Waals surface area (Å²) in [7, 11) is 0. The lowest BCUT2D eigenvalue weighted by Gasteiger charge is -2.01. The second-order valence-corrected chi connectivity index (χ2v) is 5.64. The van der Waals surface area contributed by atoms with E-state index in [2.05, 4.69) is 5.32 Å². The Balaban J connectivity index is 1.91. The topological polar surface area (TPSA) is 96.6 Å². The fraction of sp³-hybridized carbons (Fsp3) is 0. The number of carbonyl (C=O) groups is 2. The van der Waals surface area contributed by atoms with Crippen LogP contribution in [0.5, 0.6) is 0 Å². The lowest BCUT2D eigenvalue weighted by Crippen LogP contribution is -2.12. The molecular weight excluding hydrogens is 325 g/mol. The van der Waals surface area contributed by atoms with Gasteiger partial charge in [-0.25, -0.2) is 14.0 Å². The van der Waals surface area contributed by atoms with Gasteiger partial charge < -0.3 is 14.8 Å². The van der Waals surface area contributed by atoms with E-state index in [4.69, 9.17) is 9.52 Å². The molecule has 8 heteroatoms. The molecule has 0 aliphatic rings. The quantitative estimate of drug-likeness (QED) is 0.768. The third kappa shape index (κ3) is 2.97. The van der Waals surface area contributed by atoms with Crippen LogP contribution >= 0.6 is 11.3 Å². The van der Waals surface area contributed by atoms with Gasteiger partial charge in [0.1, 0.15) is 11.4 Å². The van der Waals surface area contributed by atoms with Gasteiger partial charge in [-0.3, -0.25) is 4.79 Å². The molecule has 0 aliphatic heterocycles. The van der Waals surface area contributed by atoms with Gasteiger partial charge in [-0.15, -0.1) is 11.3 Å². The summed E-state index contributed by atoms with van der Waals surface area (Å²) in [5.74, 6) is -2.30. The molecule has 6 nitrogen and oxygen atoms in total. The normalized spacial score (nSPS) is 10.7. The number of fused-ring (bicyclic) bond motifs is 1. The first-order valence-electron chi connectivity index (χ1n) is 6.32. The van der Waals surface area contributed by atoms with Crippen LogP contribution in [0.3, 0.4) is 0 Å². The number of benzene rings is 1. The van der Waals surface area contributed by atoms with E-state index in [0.717, 1.165) is 23.5 Å². The van der Waals surface area contributed by atoms with Crippen LogP contribution < -0.4 is 10.9 Å². The summed E-state index contributed by atoms with van der Waals surface area (Å²) < 4.78 is 18.2. The summed E-state index contributed by atoms with van der Waals surface area (Å²) in [4.78, 5) is 34.4. The van der Waals surface area contributed by atoms with E-state index in [-0.39, 0.29) is 11.1 Å². The fourth-order valence-electron chi connectivity index (χ4n) is 1.91. The molecule has 0 saturated carbocycles. The van der Waals surface area contributed by atoms with Crippen LogP contribution in [0.4, 0.5) is 9.39 Å². The highest BCUT2D eigenvalue weighted by molar-refractivity contribution is 7.22. The van der Waals surface area contributed by atoms with Gasteiger partial charge in [0.2, 0.25) is 0 Å². The maximum absolute atomic E-state index is 12.8. The first kappa shape index (κ1) is 14.9. The number of anilines is 1. The minimum Gasteiger partial charge on any atom is -0.477 e. The van der Waals surface area contributed by atoms with Gasteiger partial charge in [-0.05, 0) is 30.3 Å². The van der Waals surface area contributed by atoms with Gasteiger partial charge in [-0.2, -0.15) is 0 Å². The predicted molar refractivity (Wildman–Crippen MR) is 81.7 cm³/mol. The zero-order chi connectivity index (χ0) is 16.6. The van der Waals surface area contributed by atoms with Crippen molar-refractivity contribution >= 4 is 38.5 Å². The Morgan fingerprint density at radius 2 is 1.87 bits per heavy atom. The van der Waals surface area contributed by atoms with Crippen molar-refractivity contribution in [3.8, 4) is 0 Å². The molecule has 0 fully saturated rings. The molecular formula is C15H8FNO5S. The van der Waals surface area contributed by atoms with Crippen LogP contribution in [0.1, 0.15) is 20.7 Å². The number of carboxylic acids is 1. The van der Waals surface area contributed by atoms with Gasteiger partial charge in [0.15, 0.2) is 5.58 Å². The Hall–Kier alpha value is -3.00. The van der Waals surface area contributed by atoms with Crippen LogP contribution in [0.25, 0.3) is 10.3 Å². The third-order valence-electron chi connectivity index (χ3n) is 3.00. The summed E-state index contributed by atoms with van der Waals surface area (Å²) in [5.41, 5.74) is -0.995. The molecule has 0 aliphatic carbocycles. The monoisotopic (exact) mass is 333 g/mol. The molecule has 0 radical (unpaired) electrons. The molecule has 2 N–H and O–H groups in total. The zero-order valence-electron chi connectivity index (χ0n) is 11.3. The largest absolute Gasteiger partial charge is 0.477 e. The molecule has 0 spiro atoms. The standard InChI is InChI=1S/C15H8FNO5S/c16-8-3-1-7(2-4-8)13(18)17-12-6-10-11(23-12)5-9(14(19)20)15(21)22-10/h1-6H,(H,17,18)(H,19,20). The molecule has 0 unspecified atom stereocenters. The molecule has 3 rings (SSSR count). The molecule has 3 aromatic rings. The number of hydrogen-bond acceptors (Lipinski definition) is 5. The van der Waals surface area contributed by atoms with Crippen LogP contribution in [0.15, 0.2) is 45.6 Å². The van der Waals surface area contributed by atoms with Gasteiger partial charge in [0, 0.05) is 11.6 Å². The zero-order valence-corrected chi connectivity index (χ0v) is 12.1. The van der Waals surface area contributed by atoms with Crippen molar-refractivity contribution in [2.24, 2.45) is 0 Å². The fourth-order valence-corrected chi connectivity index (χ4v) is 2.83. The van der Waals surface area contributed by atoms with Crippen LogP contribution in [-0.2, 0) is 0 Å². The average Bonchev–Trinajstić information content (AvgIpc) is 2.87. The molecule has 0 saturated heterocycles. The molecule has 1 aromatic carbocycles. The van der Waals surface area contributed by atoms with E-state index in [1.807, 2.05) is 0 Å². The van der Waals surface area contributed by atoms with E-state index in [9.17, 15) is 18.8 Å². The number of hydrogen-bond donors (Lipinski definition) is 2. The smallest absolute Gasteiger partial charge is 0.351 e. The first-order valence-corrected chi connectivity index (χ1v) is 7.13. The summed E-state index contributed by atoms with van der Waals surface area (Å²) in [6.07, 6.45) is 0. The third-order valence-corrected chi connectivity index (χ3v) is 3.98. The van der Waals surface area contributed by atoms with Crippen molar-refractivity contribution in [3.63, 3.8) is 0 Å². The van der Waals surface area contributed by atoms with Crippen molar-refractivity contribution in [1.82, 2.24) is 0 Å². The van der Waals surface area contributed by atoms with E-state index in [0.29, 0.717) is 9.70 Å². The Labute approximate surface area is 131 Å². The molecule has 0 atom stereocenters. The Kier molecular flexibility index (Phi) is 3.67. The van der Waals surface area contributed by atoms with Crippen LogP contribution in [0.2, 0.25) is 0 Å². The van der Waals surface area contributed by atoms with Crippen molar-refractivity contribution < 1.29 is 23.5 Å². The van der Waals surface area contributed by atoms with Crippen molar-refractivity contribution in [3.05, 3.63) is 63.8 Å². The van der Waals surface area contributed by atoms with Crippen molar-refractivity contribution in [2.75, 3.05) is 5.32 Å². The second kappa shape index (κ2) is 5.65. The SMILES string of the molecule is O=C(Nc1cc2oc(=O)c(C(=O)O)cc2s1)c1ccc(F)cc1. The summed E-state index contributed by atoms with van der Waals surface area (Å²) in [5, 5.41) is 11.9. The van der Waals surface area contributed by atoms with Gasteiger partial charge in [-0.1, -0.05) is 0 Å². The minimum absolute atomic E-state index is 0.180. The minimum atomic E-state index is -1.38. The first-order chi connectivity index (χ1) is 10.9. The lowest BCUT2D eigenvalue weighted by atomic mass is 10.2. The lowest BCUT2D eigenvalue weighted by molar-refractivity contribution is 0.0692. The number of aromatic carboxylic acids is 1. The van der Waals surface area contributed by atoms with E-state index < -0.39 is 28.9 Å². The number of halogens is 1. The summed E-state index contributed by atoms with van der Waals surface area (Å²) in [6, 6.07) is 7.62. The van der Waals surface area contributed by atoms with Gasteiger partial charge >= 0.3 is 11.6 Å². The van der Waals surface area contributed by atoms with Crippen LogP contribution in [0, 0.1) is 5.82 Å². The number of nitrogens with one attached hydrogen (secondary N) is 1.